The average Bonchev–Trinajstić information content (AvgIpc) is 3.74. The van der Waals surface area contributed by atoms with E-state index in [0.29, 0.717) is 5.39 Å². The molecular weight excluding hydrogens is 716 g/mol. The van der Waals surface area contributed by atoms with Crippen molar-refractivity contribution in [1.29, 1.82) is 0 Å². The van der Waals surface area contributed by atoms with Crippen LogP contribution in [0.1, 0.15) is 18.0 Å². The van der Waals surface area contributed by atoms with Gasteiger partial charge < -0.3 is 35.3 Å². The van der Waals surface area contributed by atoms with Gasteiger partial charge in [0, 0.05) is 18.1 Å². The summed E-state index contributed by atoms with van der Waals surface area (Å²) in [6.07, 6.45) is -6.80. The molecule has 6 rings (SSSR count). The third-order valence-corrected chi connectivity index (χ3v) is 11.1. The minimum absolute atomic E-state index is 0.000884. The van der Waals surface area contributed by atoms with E-state index in [1.165, 1.54) is 17.1 Å². The number of hydrogen-bond acceptors (Lipinski definition) is 16. The van der Waals surface area contributed by atoms with Gasteiger partial charge in [0.05, 0.1) is 12.0 Å². The van der Waals surface area contributed by atoms with Crippen LogP contribution in [0.5, 0.6) is 0 Å². The van der Waals surface area contributed by atoms with Crippen molar-refractivity contribution in [2.45, 2.75) is 53.9 Å². The van der Waals surface area contributed by atoms with Crippen LogP contribution < -0.4 is 17.0 Å². The van der Waals surface area contributed by atoms with Gasteiger partial charge in [-0.2, -0.15) is 4.98 Å². The highest BCUT2D eigenvalue weighted by Gasteiger charge is 2.53. The first kappa shape index (κ1) is 33.5. The van der Waals surface area contributed by atoms with Crippen LogP contribution in [0, 0.1) is 0 Å². The molecule has 2 aliphatic rings. The third-order valence-electron chi connectivity index (χ3n) is 7.22. The Labute approximate surface area is 271 Å². The number of ether oxygens (including phenoxy) is 1. The highest BCUT2D eigenvalue weighted by molar-refractivity contribution is 8.39. The molecule has 2 fully saturated rings. The molecule has 25 heteroatoms. The van der Waals surface area contributed by atoms with Crippen molar-refractivity contribution in [3.63, 3.8) is 0 Å². The van der Waals surface area contributed by atoms with Crippen LogP contribution in [0.15, 0.2) is 23.4 Å². The van der Waals surface area contributed by atoms with Crippen molar-refractivity contribution in [2.75, 3.05) is 24.7 Å². The van der Waals surface area contributed by atoms with Crippen LogP contribution >= 0.6 is 38.0 Å². The molecule has 0 bridgehead atoms. The maximum atomic E-state index is 15.8. The van der Waals surface area contributed by atoms with Crippen molar-refractivity contribution in [3.8, 4) is 0 Å². The predicted molar refractivity (Wildman–Crippen MR) is 167 cm³/mol. The second kappa shape index (κ2) is 13.2. The van der Waals surface area contributed by atoms with Crippen molar-refractivity contribution < 1.29 is 41.7 Å². The molecule has 0 radical (unpaired) electrons. The van der Waals surface area contributed by atoms with E-state index in [2.05, 4.69) is 42.5 Å². The van der Waals surface area contributed by atoms with E-state index < -0.39 is 73.6 Å². The van der Waals surface area contributed by atoms with Gasteiger partial charge in [0.2, 0.25) is 5.95 Å². The minimum Gasteiger partial charge on any atom is -0.396 e. The number of aliphatic hydroxyl groups is 1. The summed E-state index contributed by atoms with van der Waals surface area (Å²) in [5.41, 5.74) is 10.9. The number of nitrogen functional groups attached to an aromatic ring is 2. The van der Waals surface area contributed by atoms with Crippen LogP contribution in [-0.4, -0.2) is 98.6 Å². The SMILES string of the molecule is Nc1nc2c(nnn2[C@@H]2S[C@H](CCO)[C@@H](F)[C@H]2OP(O)(=S)OC[C@H]2O[C@@H](n3ccc4c(N)ncnc43)[C@@H](F)[C@@H]2O[P+](=O)S)c(=O)[nH]1. The number of anilines is 2. The lowest BCUT2D eigenvalue weighted by Gasteiger charge is -2.26. The first-order chi connectivity index (χ1) is 21.9. The molecule has 6 heterocycles. The molecule has 46 heavy (non-hydrogen) atoms. The van der Waals surface area contributed by atoms with E-state index in [1.807, 2.05) is 0 Å². The summed E-state index contributed by atoms with van der Waals surface area (Å²) in [5, 5.41) is 15.7. The standard InChI is InChI=1S/C21H24F2N10O8P2S3/c22-10-9(2-4-34)46-20(33-17-12(30-31-33)18(35)29-21(25)28-17)14(10)41-43(37,45)38-5-8-13(40-42(36)44)11(23)19(39-8)32-3-1-7-15(24)26-6-27-16(7)32/h1,3,6,8-11,13-14,19-20,34H,2,4-5H2,(H6-,24,25,26,27,28,29,31,35,36,37,44,45)/p+1/t8-,9-,10-,11+,13-,14-,19-,20-,43?/m1/s1. The van der Waals surface area contributed by atoms with Gasteiger partial charge in [-0.1, -0.05) is 5.21 Å². The van der Waals surface area contributed by atoms with Crippen molar-refractivity contribution in [2.24, 2.45) is 0 Å². The fraction of sp³-hybridized carbons (Fsp3) is 0.524. The van der Waals surface area contributed by atoms with Crippen LogP contribution in [0.3, 0.4) is 0 Å². The zero-order valence-corrected chi connectivity index (χ0v) is 27.3. The monoisotopic (exact) mass is 741 g/mol. The number of alkyl halides is 2. The summed E-state index contributed by atoms with van der Waals surface area (Å²) >= 11 is 9.91. The summed E-state index contributed by atoms with van der Waals surface area (Å²) in [7, 11) is -2.62. The lowest BCUT2D eigenvalue weighted by Crippen LogP contribution is -2.34. The zero-order chi connectivity index (χ0) is 32.9. The molecule has 10 atom stereocenters. The van der Waals surface area contributed by atoms with Gasteiger partial charge in [0.15, 0.2) is 29.7 Å². The Balaban J connectivity index is 1.23. The number of hydrogen-bond donors (Lipinski definition) is 6. The molecule has 0 saturated carbocycles. The van der Waals surface area contributed by atoms with Crippen LogP contribution in [-0.2, 0) is 34.7 Å². The van der Waals surface area contributed by atoms with E-state index in [-0.39, 0.29) is 41.6 Å². The van der Waals surface area contributed by atoms with Crippen molar-refractivity contribution in [3.05, 3.63) is 28.9 Å². The molecule has 2 aliphatic heterocycles. The number of halogens is 2. The lowest BCUT2D eigenvalue weighted by molar-refractivity contribution is -0.0428. The highest BCUT2D eigenvalue weighted by atomic mass is 32.7. The van der Waals surface area contributed by atoms with Crippen molar-refractivity contribution >= 4 is 83.7 Å². The number of thioether (sulfide) groups is 1. The number of nitrogens with one attached hydrogen (secondary N) is 1. The summed E-state index contributed by atoms with van der Waals surface area (Å²) in [6.45, 7) is -5.35. The summed E-state index contributed by atoms with van der Waals surface area (Å²) in [5.74, 6) is -0.0902. The number of nitrogens with two attached hydrogens (primary N) is 2. The van der Waals surface area contributed by atoms with Crippen LogP contribution in [0.4, 0.5) is 20.5 Å². The predicted octanol–water partition coefficient (Wildman–Crippen LogP) is 1.28. The Morgan fingerprint density at radius 1 is 1.26 bits per heavy atom. The van der Waals surface area contributed by atoms with E-state index in [0.717, 1.165) is 16.4 Å². The quantitative estimate of drug-likeness (QED) is 0.0935. The number of aromatic nitrogens is 8. The summed E-state index contributed by atoms with van der Waals surface area (Å²) in [6, 6.07) is 1.56. The van der Waals surface area contributed by atoms with E-state index in [4.69, 9.17) is 41.6 Å². The Morgan fingerprint density at radius 2 is 2.04 bits per heavy atom. The molecule has 18 nitrogen and oxygen atoms in total. The lowest BCUT2D eigenvalue weighted by atomic mass is 10.1. The maximum Gasteiger partial charge on any atom is 0.582 e. The number of aliphatic hydroxyl groups excluding tert-OH is 1. The molecule has 0 aliphatic carbocycles. The van der Waals surface area contributed by atoms with E-state index >= 15 is 8.78 Å². The number of thiol groups is 1. The average molecular weight is 742 g/mol. The Bertz CT molecular complexity index is 1890. The largest absolute Gasteiger partial charge is 0.582 e. The topological polar surface area (TPSA) is 254 Å². The van der Waals surface area contributed by atoms with Gasteiger partial charge in [-0.25, -0.2) is 23.4 Å². The number of fused-ring (bicyclic) bond motifs is 2. The van der Waals surface area contributed by atoms with Crippen LogP contribution in [0.25, 0.3) is 22.2 Å². The number of H-pyrrole nitrogens is 1. The minimum atomic E-state index is -4.35. The third kappa shape index (κ3) is 6.38. The molecule has 2 saturated heterocycles. The second-order valence-electron chi connectivity index (χ2n) is 10.1. The zero-order valence-electron chi connectivity index (χ0n) is 23.0. The number of rotatable bonds is 11. The molecule has 0 aromatic carbocycles. The molecule has 2 unspecified atom stereocenters. The molecule has 248 valence electrons. The van der Waals surface area contributed by atoms with Crippen LogP contribution in [0.2, 0.25) is 0 Å². The van der Waals surface area contributed by atoms with Gasteiger partial charge in [-0.05, 0) is 28.9 Å². The first-order valence-corrected chi connectivity index (χ1v) is 19.1. The molecule has 0 amide bonds. The van der Waals surface area contributed by atoms with Gasteiger partial charge in [0.25, 0.3) is 5.56 Å². The second-order valence-corrected chi connectivity index (χ2v) is 15.9. The summed E-state index contributed by atoms with van der Waals surface area (Å²) in [4.78, 5) is 37.7. The molecule has 7 N–H and O–H groups in total. The highest BCUT2D eigenvalue weighted by Crippen LogP contribution is 2.55. The molecule has 4 aromatic heterocycles. The van der Waals surface area contributed by atoms with Gasteiger partial charge >= 0.3 is 13.9 Å². The molecular formula is C21H25F2N10O8P2S3+. The molecule has 0 spiro atoms. The number of nitrogens with zero attached hydrogens (tertiary/aromatic N) is 7. The van der Waals surface area contributed by atoms with Crippen molar-refractivity contribution in [1.82, 2.24) is 39.5 Å². The Morgan fingerprint density at radius 3 is 2.78 bits per heavy atom. The fourth-order valence-corrected chi connectivity index (χ4v) is 9.03. The van der Waals surface area contributed by atoms with Gasteiger partial charge in [-0.3, -0.25) is 14.3 Å². The normalized spacial score (nSPS) is 29.9. The fourth-order valence-electron chi connectivity index (χ4n) is 5.22. The number of aromatic amines is 1. The van der Waals surface area contributed by atoms with E-state index in [9.17, 15) is 19.4 Å². The maximum absolute atomic E-state index is 15.8. The molecule has 4 aromatic rings. The first-order valence-electron chi connectivity index (χ1n) is 13.2. The van der Waals surface area contributed by atoms with E-state index in [1.54, 1.807) is 6.07 Å². The Kier molecular flexibility index (Phi) is 9.63. The van der Waals surface area contributed by atoms with Gasteiger partial charge in [-0.15, -0.1) is 21.4 Å². The summed E-state index contributed by atoms with van der Waals surface area (Å²) < 4.78 is 68.0. The smallest absolute Gasteiger partial charge is 0.396 e. The Hall–Kier alpha value is -2.43. The van der Waals surface area contributed by atoms with Gasteiger partial charge in [0.1, 0.15) is 53.8 Å².